The summed E-state index contributed by atoms with van der Waals surface area (Å²) >= 11 is 6.06. The van der Waals surface area contributed by atoms with E-state index in [0.29, 0.717) is 6.10 Å². The summed E-state index contributed by atoms with van der Waals surface area (Å²) in [6, 6.07) is 14.5. The van der Waals surface area contributed by atoms with Gasteiger partial charge in [0.15, 0.2) is 0 Å². The smallest absolute Gasteiger partial charge is 0.120 e. The number of hydrogen-bond donors (Lipinski definition) is 1. The molecule has 0 spiro atoms. The lowest BCUT2D eigenvalue weighted by Crippen LogP contribution is -2.18. The van der Waals surface area contributed by atoms with Crippen LogP contribution in [0.1, 0.15) is 35.6 Å². The molecule has 0 bridgehead atoms. The van der Waals surface area contributed by atoms with E-state index in [1.54, 1.807) is 0 Å². The highest BCUT2D eigenvalue weighted by atomic mass is 35.5. The lowest BCUT2D eigenvalue weighted by atomic mass is 9.95. The van der Waals surface area contributed by atoms with Gasteiger partial charge in [-0.25, -0.2) is 0 Å². The van der Waals surface area contributed by atoms with E-state index >= 15 is 0 Å². The first-order valence-electron chi connectivity index (χ1n) is 7.37. The number of nitrogens with one attached hydrogen (secondary N) is 1. The van der Waals surface area contributed by atoms with E-state index in [2.05, 4.69) is 36.5 Å². The molecular formula is C18H20ClNO. The van der Waals surface area contributed by atoms with Crippen LogP contribution < -0.4 is 10.1 Å². The number of rotatable bonds is 5. The minimum atomic E-state index is 0.144. The van der Waals surface area contributed by atoms with Crippen LogP contribution in [-0.4, -0.2) is 13.2 Å². The molecule has 0 aromatic heterocycles. The van der Waals surface area contributed by atoms with Gasteiger partial charge in [-0.05, 0) is 67.8 Å². The summed E-state index contributed by atoms with van der Waals surface area (Å²) in [4.78, 5) is 0. The van der Waals surface area contributed by atoms with E-state index in [4.69, 9.17) is 16.3 Å². The van der Waals surface area contributed by atoms with Gasteiger partial charge in [-0.1, -0.05) is 29.8 Å². The van der Waals surface area contributed by atoms with E-state index in [1.807, 2.05) is 25.2 Å². The Balaban J connectivity index is 1.91. The van der Waals surface area contributed by atoms with Crippen molar-refractivity contribution in [1.82, 2.24) is 5.32 Å². The lowest BCUT2D eigenvalue weighted by molar-refractivity contribution is 0.302. The van der Waals surface area contributed by atoms with Crippen molar-refractivity contribution in [3.05, 3.63) is 64.2 Å². The first-order valence-corrected chi connectivity index (χ1v) is 7.75. The minimum Gasteiger partial charge on any atom is -0.490 e. The van der Waals surface area contributed by atoms with Gasteiger partial charge in [-0.15, -0.1) is 0 Å². The minimum absolute atomic E-state index is 0.144. The summed E-state index contributed by atoms with van der Waals surface area (Å²) in [6.45, 7) is 2.09. The van der Waals surface area contributed by atoms with Crippen LogP contribution in [-0.2, 0) is 0 Å². The molecule has 1 N–H and O–H groups in total. The van der Waals surface area contributed by atoms with Crippen LogP contribution in [0.5, 0.6) is 5.75 Å². The van der Waals surface area contributed by atoms with E-state index in [-0.39, 0.29) is 6.04 Å². The number of hydrogen-bond acceptors (Lipinski definition) is 2. The molecule has 1 fully saturated rings. The second kappa shape index (κ2) is 6.08. The molecule has 1 saturated carbocycles. The summed E-state index contributed by atoms with van der Waals surface area (Å²) in [5.41, 5.74) is 3.64. The van der Waals surface area contributed by atoms with Gasteiger partial charge in [0.1, 0.15) is 5.75 Å². The summed E-state index contributed by atoms with van der Waals surface area (Å²) in [5, 5.41) is 4.17. The molecule has 1 unspecified atom stereocenters. The van der Waals surface area contributed by atoms with E-state index in [9.17, 15) is 0 Å². The molecule has 0 aliphatic heterocycles. The zero-order valence-corrected chi connectivity index (χ0v) is 13.2. The average molecular weight is 302 g/mol. The topological polar surface area (TPSA) is 21.3 Å². The van der Waals surface area contributed by atoms with Gasteiger partial charge in [0.05, 0.1) is 12.1 Å². The van der Waals surface area contributed by atoms with Gasteiger partial charge < -0.3 is 10.1 Å². The highest BCUT2D eigenvalue weighted by Crippen LogP contribution is 2.31. The molecule has 110 valence electrons. The third-order valence-electron chi connectivity index (χ3n) is 3.85. The highest BCUT2D eigenvalue weighted by Gasteiger charge is 2.24. The second-order valence-electron chi connectivity index (χ2n) is 5.61. The molecule has 2 aromatic carbocycles. The molecule has 1 atom stereocenters. The fraction of sp³-hybridized carbons (Fsp3) is 0.333. The van der Waals surface area contributed by atoms with Crippen LogP contribution in [0.25, 0.3) is 0 Å². The van der Waals surface area contributed by atoms with Crippen molar-refractivity contribution >= 4 is 11.6 Å². The molecule has 0 radical (unpaired) electrons. The van der Waals surface area contributed by atoms with Crippen molar-refractivity contribution in [2.45, 2.75) is 31.9 Å². The molecule has 2 nitrogen and oxygen atoms in total. The van der Waals surface area contributed by atoms with E-state index in [1.165, 1.54) is 29.5 Å². The van der Waals surface area contributed by atoms with Gasteiger partial charge >= 0.3 is 0 Å². The standard InChI is InChI=1S/C18H20ClNO/c1-12-10-14(19)6-9-17(12)18(20-2)13-4-3-5-16(11-13)21-15-7-8-15/h3-6,9-11,15,18,20H,7-8H2,1-2H3. The number of halogens is 1. The fourth-order valence-corrected chi connectivity index (χ4v) is 2.84. The van der Waals surface area contributed by atoms with Gasteiger partial charge in [0, 0.05) is 5.02 Å². The van der Waals surface area contributed by atoms with Crippen LogP contribution in [0.15, 0.2) is 42.5 Å². The Labute approximate surface area is 131 Å². The quantitative estimate of drug-likeness (QED) is 0.878. The molecule has 21 heavy (non-hydrogen) atoms. The summed E-state index contributed by atoms with van der Waals surface area (Å²) < 4.78 is 5.90. The summed E-state index contributed by atoms with van der Waals surface area (Å²) in [6.07, 6.45) is 2.77. The number of ether oxygens (including phenoxy) is 1. The molecule has 3 rings (SSSR count). The molecule has 0 amide bonds. The lowest BCUT2D eigenvalue weighted by Gasteiger charge is -2.20. The Morgan fingerprint density at radius 2 is 2.00 bits per heavy atom. The zero-order chi connectivity index (χ0) is 14.8. The van der Waals surface area contributed by atoms with Gasteiger partial charge in [0.25, 0.3) is 0 Å². The fourth-order valence-electron chi connectivity index (χ4n) is 2.61. The third kappa shape index (κ3) is 3.39. The molecule has 0 heterocycles. The summed E-state index contributed by atoms with van der Waals surface area (Å²) in [5.74, 6) is 0.960. The number of benzene rings is 2. The van der Waals surface area contributed by atoms with Crippen LogP contribution in [0, 0.1) is 6.92 Å². The predicted octanol–water partition coefficient (Wildman–Crippen LogP) is 4.50. The Hall–Kier alpha value is -1.51. The molecule has 1 aliphatic rings. The Morgan fingerprint density at radius 3 is 2.67 bits per heavy atom. The van der Waals surface area contributed by atoms with Crippen molar-refractivity contribution in [3.8, 4) is 5.75 Å². The first kappa shape index (κ1) is 14.4. The Morgan fingerprint density at radius 1 is 1.19 bits per heavy atom. The van der Waals surface area contributed by atoms with Crippen LogP contribution in [0.4, 0.5) is 0 Å². The summed E-state index contributed by atoms with van der Waals surface area (Å²) in [7, 11) is 1.98. The normalized spacial score (nSPS) is 15.8. The van der Waals surface area contributed by atoms with E-state index in [0.717, 1.165) is 10.8 Å². The zero-order valence-electron chi connectivity index (χ0n) is 12.4. The average Bonchev–Trinajstić information content (AvgIpc) is 3.26. The monoisotopic (exact) mass is 301 g/mol. The molecule has 1 aliphatic carbocycles. The first-order chi connectivity index (χ1) is 10.2. The molecule has 3 heteroatoms. The van der Waals surface area contributed by atoms with Crippen molar-refractivity contribution in [2.75, 3.05) is 7.05 Å². The molecule has 2 aromatic rings. The number of aryl methyl sites for hydroxylation is 1. The van der Waals surface area contributed by atoms with Crippen LogP contribution in [0.2, 0.25) is 5.02 Å². The highest BCUT2D eigenvalue weighted by molar-refractivity contribution is 6.30. The Bertz CT molecular complexity index is 637. The van der Waals surface area contributed by atoms with Crippen molar-refractivity contribution in [1.29, 1.82) is 0 Å². The maximum Gasteiger partial charge on any atom is 0.120 e. The maximum absolute atomic E-state index is 6.06. The van der Waals surface area contributed by atoms with Gasteiger partial charge in [0.2, 0.25) is 0 Å². The second-order valence-corrected chi connectivity index (χ2v) is 6.05. The third-order valence-corrected chi connectivity index (χ3v) is 4.09. The predicted molar refractivity (Wildman–Crippen MR) is 87.2 cm³/mol. The van der Waals surface area contributed by atoms with Crippen molar-refractivity contribution in [2.24, 2.45) is 0 Å². The van der Waals surface area contributed by atoms with E-state index < -0.39 is 0 Å². The van der Waals surface area contributed by atoms with Crippen molar-refractivity contribution < 1.29 is 4.74 Å². The molecular weight excluding hydrogens is 282 g/mol. The maximum atomic E-state index is 6.06. The largest absolute Gasteiger partial charge is 0.490 e. The van der Waals surface area contributed by atoms with Crippen molar-refractivity contribution in [3.63, 3.8) is 0 Å². The van der Waals surface area contributed by atoms with Crippen LogP contribution >= 0.6 is 11.6 Å². The SMILES string of the molecule is CNC(c1cccc(OC2CC2)c1)c1ccc(Cl)cc1C. The van der Waals surface area contributed by atoms with Gasteiger partial charge in [-0.2, -0.15) is 0 Å². The molecule has 0 saturated heterocycles. The van der Waals surface area contributed by atoms with Crippen LogP contribution in [0.3, 0.4) is 0 Å². The Kier molecular flexibility index (Phi) is 4.18. The van der Waals surface area contributed by atoms with Gasteiger partial charge in [-0.3, -0.25) is 0 Å².